The van der Waals surface area contributed by atoms with Crippen LogP contribution >= 0.6 is 22.7 Å². The Morgan fingerprint density at radius 1 is 1.21 bits per heavy atom. The molecule has 0 unspecified atom stereocenters. The highest BCUT2D eigenvalue weighted by Crippen LogP contribution is 2.23. The number of nitrogens with zero attached hydrogens (tertiary/aromatic N) is 2. The van der Waals surface area contributed by atoms with E-state index in [1.807, 2.05) is 42.6 Å². The average Bonchev–Trinajstić information content (AvgIpc) is 3.19. The smallest absolute Gasteiger partial charge is 0.307 e. The van der Waals surface area contributed by atoms with E-state index in [4.69, 9.17) is 4.74 Å². The second kappa shape index (κ2) is 7.55. The van der Waals surface area contributed by atoms with Crippen LogP contribution in [0.3, 0.4) is 0 Å². The van der Waals surface area contributed by atoms with Crippen LogP contribution in [0, 0.1) is 6.92 Å². The lowest BCUT2D eigenvalue weighted by atomic mass is 10.2. The van der Waals surface area contributed by atoms with Crippen LogP contribution in [0.25, 0.3) is 10.6 Å². The van der Waals surface area contributed by atoms with Gasteiger partial charge in [-0.15, -0.1) is 11.3 Å². The van der Waals surface area contributed by atoms with Gasteiger partial charge in [0.15, 0.2) is 0 Å². The van der Waals surface area contributed by atoms with Crippen LogP contribution in [0.5, 0.6) is 0 Å². The zero-order chi connectivity index (χ0) is 16.9. The molecule has 1 aromatic carbocycles. The van der Waals surface area contributed by atoms with E-state index in [2.05, 4.69) is 4.98 Å². The SMILES string of the molecule is Cc1csc(=O)n1CCC(=O)OCc1csc(-c2ccccc2)n1. The van der Waals surface area contributed by atoms with Crippen LogP contribution in [-0.2, 0) is 22.7 Å². The number of rotatable bonds is 6. The molecule has 0 saturated carbocycles. The maximum Gasteiger partial charge on any atom is 0.307 e. The molecule has 124 valence electrons. The van der Waals surface area contributed by atoms with Crippen LogP contribution in [0.4, 0.5) is 0 Å². The number of carbonyl (C=O) groups is 1. The van der Waals surface area contributed by atoms with Gasteiger partial charge in [0, 0.05) is 28.6 Å². The Balaban J connectivity index is 1.52. The van der Waals surface area contributed by atoms with Gasteiger partial charge in [-0.1, -0.05) is 41.7 Å². The number of aromatic nitrogens is 2. The average molecular weight is 360 g/mol. The summed E-state index contributed by atoms with van der Waals surface area (Å²) >= 11 is 2.66. The first-order valence-corrected chi connectivity index (χ1v) is 9.20. The molecule has 3 rings (SSSR count). The van der Waals surface area contributed by atoms with Crippen molar-refractivity contribution in [3.8, 4) is 10.6 Å². The number of hydrogen-bond donors (Lipinski definition) is 0. The summed E-state index contributed by atoms with van der Waals surface area (Å²) in [6.45, 7) is 2.35. The molecule has 7 heteroatoms. The summed E-state index contributed by atoms with van der Waals surface area (Å²) in [4.78, 5) is 27.9. The number of aryl methyl sites for hydroxylation is 1. The minimum absolute atomic E-state index is 0.0488. The number of benzene rings is 1. The van der Waals surface area contributed by atoms with E-state index in [0.717, 1.165) is 33.3 Å². The minimum Gasteiger partial charge on any atom is -0.459 e. The highest BCUT2D eigenvalue weighted by Gasteiger charge is 2.10. The highest BCUT2D eigenvalue weighted by molar-refractivity contribution is 7.13. The zero-order valence-electron chi connectivity index (χ0n) is 13.1. The van der Waals surface area contributed by atoms with E-state index >= 15 is 0 Å². The summed E-state index contributed by atoms with van der Waals surface area (Å²) < 4.78 is 6.83. The summed E-state index contributed by atoms with van der Waals surface area (Å²) in [6.07, 6.45) is 0.174. The normalized spacial score (nSPS) is 10.7. The molecule has 0 aliphatic carbocycles. The quantitative estimate of drug-likeness (QED) is 0.632. The number of ether oxygens (including phenoxy) is 1. The van der Waals surface area contributed by atoms with Crippen molar-refractivity contribution in [2.75, 3.05) is 0 Å². The van der Waals surface area contributed by atoms with Gasteiger partial charge in [-0.2, -0.15) is 0 Å². The topological polar surface area (TPSA) is 61.2 Å². The van der Waals surface area contributed by atoms with E-state index in [-0.39, 0.29) is 23.9 Å². The van der Waals surface area contributed by atoms with Crippen molar-refractivity contribution in [3.63, 3.8) is 0 Å². The molecule has 0 aliphatic rings. The lowest BCUT2D eigenvalue weighted by Crippen LogP contribution is -2.17. The Morgan fingerprint density at radius 2 is 2.00 bits per heavy atom. The fourth-order valence-corrected chi connectivity index (χ4v) is 3.76. The molecule has 0 radical (unpaired) electrons. The molecule has 0 saturated heterocycles. The second-order valence-corrected chi connectivity index (χ2v) is 6.89. The lowest BCUT2D eigenvalue weighted by molar-refractivity contribution is -0.145. The lowest BCUT2D eigenvalue weighted by Gasteiger charge is -2.05. The third kappa shape index (κ3) is 3.98. The molecule has 5 nitrogen and oxygen atoms in total. The Hall–Kier alpha value is -2.25. The number of esters is 1. The highest BCUT2D eigenvalue weighted by atomic mass is 32.1. The van der Waals surface area contributed by atoms with Gasteiger partial charge in [-0.3, -0.25) is 9.59 Å². The summed E-state index contributed by atoms with van der Waals surface area (Å²) in [5.74, 6) is -0.332. The van der Waals surface area contributed by atoms with Crippen LogP contribution in [-0.4, -0.2) is 15.5 Å². The van der Waals surface area contributed by atoms with Crippen molar-refractivity contribution in [1.29, 1.82) is 0 Å². The Labute approximate surface area is 147 Å². The molecule has 2 heterocycles. The minimum atomic E-state index is -0.332. The Morgan fingerprint density at radius 3 is 2.71 bits per heavy atom. The molecule has 0 aliphatic heterocycles. The predicted octanol–water partition coefficient (Wildman–Crippen LogP) is 3.48. The van der Waals surface area contributed by atoms with Gasteiger partial charge < -0.3 is 9.30 Å². The first-order valence-electron chi connectivity index (χ1n) is 7.44. The van der Waals surface area contributed by atoms with Gasteiger partial charge in [-0.05, 0) is 6.92 Å². The zero-order valence-corrected chi connectivity index (χ0v) is 14.7. The molecule has 24 heavy (non-hydrogen) atoms. The van der Waals surface area contributed by atoms with Gasteiger partial charge in [0.05, 0.1) is 12.1 Å². The fourth-order valence-electron chi connectivity index (χ4n) is 2.19. The van der Waals surface area contributed by atoms with E-state index < -0.39 is 0 Å². The monoisotopic (exact) mass is 360 g/mol. The van der Waals surface area contributed by atoms with Crippen LogP contribution in [0.15, 0.2) is 45.9 Å². The summed E-state index contributed by atoms with van der Waals surface area (Å²) in [5, 5.41) is 4.58. The van der Waals surface area contributed by atoms with Crippen molar-refractivity contribution >= 4 is 28.6 Å². The van der Waals surface area contributed by atoms with Gasteiger partial charge in [0.2, 0.25) is 0 Å². The second-order valence-electron chi connectivity index (χ2n) is 5.22. The molecule has 0 spiro atoms. The Bertz CT molecular complexity index is 881. The standard InChI is InChI=1S/C17H16N2O3S2/c1-12-10-24-17(21)19(12)8-7-15(20)22-9-14-11-23-16(18-14)13-5-3-2-4-6-13/h2-6,10-11H,7-9H2,1H3. The van der Waals surface area contributed by atoms with Crippen LogP contribution in [0.1, 0.15) is 17.8 Å². The van der Waals surface area contributed by atoms with E-state index in [9.17, 15) is 9.59 Å². The number of thiazole rings is 2. The van der Waals surface area contributed by atoms with Crippen molar-refractivity contribution < 1.29 is 9.53 Å². The van der Waals surface area contributed by atoms with Crippen molar-refractivity contribution in [2.24, 2.45) is 0 Å². The Kier molecular flexibility index (Phi) is 5.22. The number of hydrogen-bond acceptors (Lipinski definition) is 6. The predicted molar refractivity (Wildman–Crippen MR) is 95.3 cm³/mol. The van der Waals surface area contributed by atoms with Crippen LogP contribution < -0.4 is 4.87 Å². The molecule has 0 atom stereocenters. The largest absolute Gasteiger partial charge is 0.459 e. The summed E-state index contributed by atoms with van der Waals surface area (Å²) in [5.41, 5.74) is 2.65. The van der Waals surface area contributed by atoms with Gasteiger partial charge >= 0.3 is 10.8 Å². The first-order chi connectivity index (χ1) is 11.6. The van der Waals surface area contributed by atoms with Crippen molar-refractivity contribution in [3.05, 3.63) is 62.1 Å². The van der Waals surface area contributed by atoms with E-state index in [1.165, 1.54) is 11.3 Å². The van der Waals surface area contributed by atoms with Crippen LogP contribution in [0.2, 0.25) is 0 Å². The van der Waals surface area contributed by atoms with Crippen molar-refractivity contribution in [2.45, 2.75) is 26.5 Å². The molecule has 0 N–H and O–H groups in total. The van der Waals surface area contributed by atoms with Crippen molar-refractivity contribution in [1.82, 2.24) is 9.55 Å². The number of carbonyl (C=O) groups excluding carboxylic acids is 1. The van der Waals surface area contributed by atoms with E-state index in [1.54, 1.807) is 9.95 Å². The summed E-state index contributed by atoms with van der Waals surface area (Å²) in [7, 11) is 0. The molecule has 0 fully saturated rings. The fraction of sp³-hybridized carbons (Fsp3) is 0.235. The maximum absolute atomic E-state index is 11.9. The first kappa shape index (κ1) is 16.6. The molecule has 3 aromatic rings. The third-order valence-electron chi connectivity index (χ3n) is 3.47. The molecule has 0 amide bonds. The maximum atomic E-state index is 11.9. The molecule has 0 bridgehead atoms. The molecular weight excluding hydrogens is 344 g/mol. The molecule has 2 aromatic heterocycles. The van der Waals surface area contributed by atoms with Gasteiger partial charge in [0.25, 0.3) is 0 Å². The summed E-state index contributed by atoms with van der Waals surface area (Å²) in [6, 6.07) is 9.88. The van der Waals surface area contributed by atoms with E-state index in [0.29, 0.717) is 6.54 Å². The van der Waals surface area contributed by atoms with Gasteiger partial charge in [0.1, 0.15) is 11.6 Å². The molecular formula is C17H16N2O3S2. The third-order valence-corrected chi connectivity index (χ3v) is 5.29. The van der Waals surface area contributed by atoms with Gasteiger partial charge in [-0.25, -0.2) is 4.98 Å².